The van der Waals surface area contributed by atoms with Crippen molar-refractivity contribution < 1.29 is 9.94 Å². The van der Waals surface area contributed by atoms with Gasteiger partial charge in [-0.2, -0.15) is 0 Å². The molecule has 110 valence electrons. The van der Waals surface area contributed by atoms with E-state index in [0.29, 0.717) is 12.3 Å². The Morgan fingerprint density at radius 3 is 2.81 bits per heavy atom. The molecule has 1 aromatic carbocycles. The van der Waals surface area contributed by atoms with Crippen molar-refractivity contribution in [3.63, 3.8) is 0 Å². The minimum atomic E-state index is -0.0219. The van der Waals surface area contributed by atoms with Crippen molar-refractivity contribution in [2.45, 2.75) is 27.4 Å². The Labute approximate surface area is 124 Å². The summed E-state index contributed by atoms with van der Waals surface area (Å²) in [6, 6.07) is 7.76. The molecule has 0 aliphatic carbocycles. The Hall–Kier alpha value is -2.56. The van der Waals surface area contributed by atoms with Gasteiger partial charge >= 0.3 is 0 Å². The fraction of sp³-hybridized carbons (Fsp3) is 0.250. The van der Waals surface area contributed by atoms with Gasteiger partial charge in [0, 0.05) is 11.8 Å². The van der Waals surface area contributed by atoms with Gasteiger partial charge in [0.1, 0.15) is 18.1 Å². The first-order valence-corrected chi connectivity index (χ1v) is 6.65. The molecule has 5 heteroatoms. The third-order valence-electron chi connectivity index (χ3n) is 3.39. The lowest BCUT2D eigenvalue weighted by Gasteiger charge is -2.13. The molecule has 0 aliphatic heterocycles. The summed E-state index contributed by atoms with van der Waals surface area (Å²) in [7, 11) is 0. The second-order valence-corrected chi connectivity index (χ2v) is 4.99. The van der Waals surface area contributed by atoms with Crippen molar-refractivity contribution in [2.24, 2.45) is 10.9 Å². The van der Waals surface area contributed by atoms with Crippen LogP contribution in [0.2, 0.25) is 0 Å². The second-order valence-electron chi connectivity index (χ2n) is 4.99. The SMILES string of the molecule is Cc1cc(C)c(C)c(OCc2cccnc2C(N)=NO)c1. The molecule has 2 aromatic rings. The van der Waals surface area contributed by atoms with Crippen molar-refractivity contribution in [1.82, 2.24) is 4.98 Å². The van der Waals surface area contributed by atoms with E-state index in [2.05, 4.69) is 23.1 Å². The Balaban J connectivity index is 2.25. The Morgan fingerprint density at radius 2 is 2.10 bits per heavy atom. The largest absolute Gasteiger partial charge is 0.489 e. The van der Waals surface area contributed by atoms with Crippen molar-refractivity contribution in [1.29, 1.82) is 0 Å². The van der Waals surface area contributed by atoms with E-state index in [4.69, 9.17) is 15.7 Å². The van der Waals surface area contributed by atoms with Crippen molar-refractivity contribution in [2.75, 3.05) is 0 Å². The molecule has 0 saturated heterocycles. The van der Waals surface area contributed by atoms with Gasteiger partial charge in [-0.25, -0.2) is 0 Å². The van der Waals surface area contributed by atoms with Gasteiger partial charge in [0.25, 0.3) is 0 Å². The molecule has 5 nitrogen and oxygen atoms in total. The van der Waals surface area contributed by atoms with E-state index in [1.807, 2.05) is 26.0 Å². The molecular weight excluding hydrogens is 266 g/mol. The van der Waals surface area contributed by atoms with E-state index in [1.165, 1.54) is 5.56 Å². The molecule has 0 aliphatic rings. The van der Waals surface area contributed by atoms with Crippen LogP contribution >= 0.6 is 0 Å². The van der Waals surface area contributed by atoms with Gasteiger partial charge < -0.3 is 15.7 Å². The average molecular weight is 285 g/mol. The second kappa shape index (κ2) is 6.26. The van der Waals surface area contributed by atoms with Crippen LogP contribution in [0.3, 0.4) is 0 Å². The first-order chi connectivity index (χ1) is 10.0. The van der Waals surface area contributed by atoms with E-state index in [1.54, 1.807) is 12.3 Å². The topological polar surface area (TPSA) is 80.7 Å². The summed E-state index contributed by atoms with van der Waals surface area (Å²) in [5.41, 5.74) is 10.3. The highest BCUT2D eigenvalue weighted by atomic mass is 16.5. The van der Waals surface area contributed by atoms with Crippen LogP contribution in [0.15, 0.2) is 35.6 Å². The van der Waals surface area contributed by atoms with Crippen LogP contribution in [0.4, 0.5) is 0 Å². The third kappa shape index (κ3) is 3.31. The van der Waals surface area contributed by atoms with Crippen LogP contribution in [0.25, 0.3) is 0 Å². The highest BCUT2D eigenvalue weighted by Crippen LogP contribution is 2.24. The van der Waals surface area contributed by atoms with Gasteiger partial charge in [0.15, 0.2) is 5.84 Å². The lowest BCUT2D eigenvalue weighted by atomic mass is 10.1. The van der Waals surface area contributed by atoms with E-state index in [-0.39, 0.29) is 5.84 Å². The van der Waals surface area contributed by atoms with Gasteiger partial charge in [-0.05, 0) is 49.6 Å². The monoisotopic (exact) mass is 285 g/mol. The zero-order valence-electron chi connectivity index (χ0n) is 12.4. The highest BCUT2D eigenvalue weighted by molar-refractivity contribution is 5.96. The molecule has 0 radical (unpaired) electrons. The lowest BCUT2D eigenvalue weighted by molar-refractivity contribution is 0.302. The van der Waals surface area contributed by atoms with Crippen molar-refractivity contribution >= 4 is 5.84 Å². The van der Waals surface area contributed by atoms with Gasteiger partial charge in [-0.3, -0.25) is 4.98 Å². The fourth-order valence-electron chi connectivity index (χ4n) is 2.14. The molecule has 21 heavy (non-hydrogen) atoms. The quantitative estimate of drug-likeness (QED) is 0.392. The van der Waals surface area contributed by atoms with Crippen LogP contribution in [0.1, 0.15) is 27.9 Å². The zero-order valence-corrected chi connectivity index (χ0v) is 12.4. The summed E-state index contributed by atoms with van der Waals surface area (Å²) < 4.78 is 5.89. The number of rotatable bonds is 4. The molecule has 0 atom stereocenters. The van der Waals surface area contributed by atoms with Gasteiger partial charge in [-0.1, -0.05) is 17.3 Å². The van der Waals surface area contributed by atoms with Crippen LogP contribution in [-0.4, -0.2) is 16.0 Å². The van der Waals surface area contributed by atoms with Crippen LogP contribution in [0, 0.1) is 20.8 Å². The number of pyridine rings is 1. The minimum Gasteiger partial charge on any atom is -0.489 e. The molecule has 0 amide bonds. The lowest BCUT2D eigenvalue weighted by Crippen LogP contribution is -2.18. The van der Waals surface area contributed by atoms with Gasteiger partial charge in [-0.15, -0.1) is 0 Å². The molecule has 0 spiro atoms. The summed E-state index contributed by atoms with van der Waals surface area (Å²) in [5.74, 6) is 0.813. The molecule has 2 rings (SSSR count). The Bertz CT molecular complexity index is 681. The van der Waals surface area contributed by atoms with E-state index >= 15 is 0 Å². The maximum absolute atomic E-state index is 8.80. The fourth-order valence-corrected chi connectivity index (χ4v) is 2.14. The van der Waals surface area contributed by atoms with Crippen LogP contribution < -0.4 is 10.5 Å². The van der Waals surface area contributed by atoms with Gasteiger partial charge in [0.05, 0.1) is 0 Å². The molecule has 3 N–H and O–H groups in total. The number of nitrogens with zero attached hydrogens (tertiary/aromatic N) is 2. The molecule has 1 heterocycles. The molecule has 1 aromatic heterocycles. The molecule has 0 bridgehead atoms. The normalized spacial score (nSPS) is 11.5. The van der Waals surface area contributed by atoms with E-state index in [0.717, 1.165) is 22.4 Å². The van der Waals surface area contributed by atoms with Crippen LogP contribution in [0.5, 0.6) is 5.75 Å². The minimum absolute atomic E-state index is 0.0219. The number of aromatic nitrogens is 1. The summed E-state index contributed by atoms with van der Waals surface area (Å²) in [5, 5.41) is 11.8. The average Bonchev–Trinajstić information content (AvgIpc) is 2.49. The number of hydrogen-bond acceptors (Lipinski definition) is 4. The Kier molecular flexibility index (Phi) is 4.42. The summed E-state index contributed by atoms with van der Waals surface area (Å²) in [6.45, 7) is 6.42. The molecule has 0 fully saturated rings. The van der Waals surface area contributed by atoms with Crippen molar-refractivity contribution in [3.8, 4) is 5.75 Å². The maximum Gasteiger partial charge on any atom is 0.189 e. The summed E-state index contributed by atoms with van der Waals surface area (Å²) in [6.07, 6.45) is 1.60. The number of amidine groups is 1. The number of aryl methyl sites for hydroxylation is 2. The number of hydrogen-bond donors (Lipinski definition) is 2. The zero-order chi connectivity index (χ0) is 15.4. The smallest absolute Gasteiger partial charge is 0.189 e. The number of benzene rings is 1. The molecular formula is C16H19N3O2. The van der Waals surface area contributed by atoms with Crippen LogP contribution in [-0.2, 0) is 6.61 Å². The van der Waals surface area contributed by atoms with Gasteiger partial charge in [0.2, 0.25) is 0 Å². The van der Waals surface area contributed by atoms with E-state index in [9.17, 15) is 0 Å². The highest BCUT2D eigenvalue weighted by Gasteiger charge is 2.10. The molecule has 0 saturated carbocycles. The van der Waals surface area contributed by atoms with Crippen molar-refractivity contribution in [3.05, 3.63) is 58.4 Å². The molecule has 0 unspecified atom stereocenters. The number of oxime groups is 1. The summed E-state index contributed by atoms with van der Waals surface area (Å²) in [4.78, 5) is 4.12. The third-order valence-corrected chi connectivity index (χ3v) is 3.39. The standard InChI is InChI=1S/C16H19N3O2/c1-10-7-11(2)12(3)14(8-10)21-9-13-5-4-6-18-15(13)16(17)19-20/h4-8,20H,9H2,1-3H3,(H2,17,19). The Morgan fingerprint density at radius 1 is 1.33 bits per heavy atom. The maximum atomic E-state index is 8.80. The number of ether oxygens (including phenoxy) is 1. The first-order valence-electron chi connectivity index (χ1n) is 6.65. The predicted octanol–water partition coefficient (Wildman–Crippen LogP) is 2.68. The number of nitrogens with two attached hydrogens (primary N) is 1. The summed E-state index contributed by atoms with van der Waals surface area (Å²) >= 11 is 0. The predicted molar refractivity (Wildman–Crippen MR) is 81.7 cm³/mol. The van der Waals surface area contributed by atoms with E-state index < -0.39 is 0 Å². The first kappa shape index (κ1) is 14.8.